The summed E-state index contributed by atoms with van der Waals surface area (Å²) in [6.07, 6.45) is 3.97. The molecule has 2 aliphatic heterocycles. The zero-order valence-electron chi connectivity index (χ0n) is 15.0. The molecule has 1 saturated carbocycles. The number of hydrogen-bond acceptors (Lipinski definition) is 3. The van der Waals surface area contributed by atoms with Crippen LogP contribution >= 0.6 is 0 Å². The van der Waals surface area contributed by atoms with E-state index in [1.807, 2.05) is 38.1 Å². The van der Waals surface area contributed by atoms with Crippen LogP contribution in [0.25, 0.3) is 0 Å². The maximum atomic E-state index is 13.2. The summed E-state index contributed by atoms with van der Waals surface area (Å²) in [5, 5.41) is 3.13. The fourth-order valence-corrected chi connectivity index (χ4v) is 5.07. The lowest BCUT2D eigenvalue weighted by atomic mass is 9.62. The first-order chi connectivity index (χ1) is 12.1. The number of hydrogen-bond donors (Lipinski definition) is 1. The summed E-state index contributed by atoms with van der Waals surface area (Å²) in [6, 6.07) is 7.92. The number of ether oxygens (including phenoxy) is 1. The molecule has 0 radical (unpaired) electrons. The van der Waals surface area contributed by atoms with Gasteiger partial charge in [-0.3, -0.25) is 9.59 Å². The SMILES string of the molecule is CCN(CC)C(=O)[C@@H]1C(=O)N[C@@]23CCCC[C@@H]2[C@H]1c1ccccc1O3. The van der Waals surface area contributed by atoms with Gasteiger partial charge in [0.2, 0.25) is 11.8 Å². The predicted octanol–water partition coefficient (Wildman–Crippen LogP) is 2.66. The second-order valence-electron chi connectivity index (χ2n) is 7.38. The summed E-state index contributed by atoms with van der Waals surface area (Å²) < 4.78 is 6.35. The van der Waals surface area contributed by atoms with Gasteiger partial charge < -0.3 is 15.0 Å². The van der Waals surface area contributed by atoms with E-state index in [9.17, 15) is 9.59 Å². The number of carbonyl (C=O) groups is 2. The number of amides is 2. The van der Waals surface area contributed by atoms with Crippen molar-refractivity contribution in [2.45, 2.75) is 51.2 Å². The van der Waals surface area contributed by atoms with E-state index >= 15 is 0 Å². The molecule has 1 aliphatic carbocycles. The zero-order chi connectivity index (χ0) is 17.6. The predicted molar refractivity (Wildman–Crippen MR) is 94.1 cm³/mol. The van der Waals surface area contributed by atoms with Crippen molar-refractivity contribution in [1.82, 2.24) is 10.2 Å². The molecular formula is C20H26N2O3. The van der Waals surface area contributed by atoms with Crippen LogP contribution in [-0.4, -0.2) is 35.5 Å². The van der Waals surface area contributed by atoms with Crippen molar-refractivity contribution >= 4 is 11.8 Å². The molecule has 134 valence electrons. The molecule has 4 rings (SSSR count). The Hall–Kier alpha value is -2.04. The summed E-state index contributed by atoms with van der Waals surface area (Å²) in [6.45, 7) is 5.18. The summed E-state index contributed by atoms with van der Waals surface area (Å²) in [5.74, 6) is 0.0209. The molecule has 2 heterocycles. The molecule has 1 saturated heterocycles. The van der Waals surface area contributed by atoms with E-state index in [1.165, 1.54) is 0 Å². The van der Waals surface area contributed by atoms with Gasteiger partial charge in [-0.2, -0.15) is 0 Å². The van der Waals surface area contributed by atoms with Gasteiger partial charge in [-0.1, -0.05) is 24.6 Å². The van der Waals surface area contributed by atoms with E-state index in [4.69, 9.17) is 4.74 Å². The second-order valence-corrected chi connectivity index (χ2v) is 7.38. The summed E-state index contributed by atoms with van der Waals surface area (Å²) >= 11 is 0. The van der Waals surface area contributed by atoms with Crippen LogP contribution in [0.2, 0.25) is 0 Å². The molecule has 25 heavy (non-hydrogen) atoms. The van der Waals surface area contributed by atoms with Gasteiger partial charge in [0.1, 0.15) is 11.7 Å². The molecule has 1 aromatic carbocycles. The van der Waals surface area contributed by atoms with E-state index in [2.05, 4.69) is 5.32 Å². The molecule has 0 spiro atoms. The molecule has 2 fully saturated rings. The molecule has 5 nitrogen and oxygen atoms in total. The number of para-hydroxylation sites is 1. The van der Waals surface area contributed by atoms with Gasteiger partial charge in [0.15, 0.2) is 5.72 Å². The number of nitrogens with zero attached hydrogens (tertiary/aromatic N) is 1. The normalized spacial score (nSPS) is 32.7. The zero-order valence-corrected chi connectivity index (χ0v) is 15.0. The number of nitrogens with one attached hydrogen (secondary N) is 1. The molecule has 2 amide bonds. The maximum Gasteiger partial charge on any atom is 0.236 e. The van der Waals surface area contributed by atoms with Crippen LogP contribution in [0, 0.1) is 11.8 Å². The van der Waals surface area contributed by atoms with E-state index in [0.717, 1.165) is 37.0 Å². The molecule has 2 bridgehead atoms. The van der Waals surface area contributed by atoms with Gasteiger partial charge in [-0.15, -0.1) is 0 Å². The molecular weight excluding hydrogens is 316 g/mol. The number of piperidine rings is 1. The molecule has 0 unspecified atom stereocenters. The van der Waals surface area contributed by atoms with Gasteiger partial charge in [0.05, 0.1) is 0 Å². The molecule has 3 aliphatic rings. The Morgan fingerprint density at radius 2 is 2.04 bits per heavy atom. The first-order valence-corrected chi connectivity index (χ1v) is 9.50. The van der Waals surface area contributed by atoms with Crippen LogP contribution in [0.5, 0.6) is 5.75 Å². The van der Waals surface area contributed by atoms with Crippen molar-refractivity contribution in [3.63, 3.8) is 0 Å². The first kappa shape index (κ1) is 16.4. The lowest BCUT2D eigenvalue weighted by molar-refractivity contribution is -0.165. The van der Waals surface area contributed by atoms with Crippen molar-refractivity contribution in [3.8, 4) is 5.75 Å². The standard InChI is InChI=1S/C20H26N2O3/c1-3-22(4-2)19(24)17-16-13-9-5-6-11-15(13)25-20(21-18(17)23)12-8-7-10-14(16)20/h5-6,9,11,14,16-17H,3-4,7-8,10,12H2,1-2H3,(H,21,23)/t14-,16-,17+,20-/m1/s1. The number of fused-ring (bicyclic) bond motifs is 2. The molecule has 5 heteroatoms. The van der Waals surface area contributed by atoms with Gasteiger partial charge in [0, 0.05) is 31.3 Å². The highest BCUT2D eigenvalue weighted by atomic mass is 16.5. The maximum absolute atomic E-state index is 13.2. The number of carbonyl (C=O) groups excluding carboxylic acids is 2. The Morgan fingerprint density at radius 3 is 2.80 bits per heavy atom. The lowest BCUT2D eigenvalue weighted by Gasteiger charge is -2.56. The van der Waals surface area contributed by atoms with Crippen LogP contribution in [-0.2, 0) is 9.59 Å². The van der Waals surface area contributed by atoms with E-state index < -0.39 is 11.6 Å². The Balaban J connectivity index is 1.83. The monoisotopic (exact) mass is 342 g/mol. The number of benzene rings is 1. The van der Waals surface area contributed by atoms with Crippen LogP contribution in [0.1, 0.15) is 51.0 Å². The minimum atomic E-state index is -0.652. The summed E-state index contributed by atoms with van der Waals surface area (Å²) in [4.78, 5) is 28.0. The largest absolute Gasteiger partial charge is 0.467 e. The van der Waals surface area contributed by atoms with Crippen LogP contribution in [0.3, 0.4) is 0 Å². The van der Waals surface area contributed by atoms with Gasteiger partial charge >= 0.3 is 0 Å². The quantitative estimate of drug-likeness (QED) is 0.859. The number of rotatable bonds is 3. The fourth-order valence-electron chi connectivity index (χ4n) is 5.07. The third kappa shape index (κ3) is 2.35. The average molecular weight is 342 g/mol. The Morgan fingerprint density at radius 1 is 1.28 bits per heavy atom. The van der Waals surface area contributed by atoms with Crippen LogP contribution in [0.4, 0.5) is 0 Å². The first-order valence-electron chi connectivity index (χ1n) is 9.50. The molecule has 1 N–H and O–H groups in total. The second kappa shape index (κ2) is 6.04. The van der Waals surface area contributed by atoms with Gasteiger partial charge in [0.25, 0.3) is 0 Å². The Bertz CT molecular complexity index is 700. The van der Waals surface area contributed by atoms with Crippen LogP contribution < -0.4 is 10.1 Å². The lowest BCUT2D eigenvalue weighted by Crippen LogP contribution is -2.70. The smallest absolute Gasteiger partial charge is 0.236 e. The summed E-state index contributed by atoms with van der Waals surface area (Å²) in [7, 11) is 0. The average Bonchev–Trinajstić information content (AvgIpc) is 2.61. The van der Waals surface area contributed by atoms with E-state index in [-0.39, 0.29) is 23.7 Å². The Labute approximate surface area is 148 Å². The molecule has 4 atom stereocenters. The highest BCUT2D eigenvalue weighted by Crippen LogP contribution is 2.55. The molecule has 1 aromatic rings. The topological polar surface area (TPSA) is 58.6 Å². The van der Waals surface area contributed by atoms with Crippen LogP contribution in [0.15, 0.2) is 24.3 Å². The minimum Gasteiger partial charge on any atom is -0.467 e. The van der Waals surface area contributed by atoms with E-state index in [1.54, 1.807) is 4.90 Å². The highest BCUT2D eigenvalue weighted by molar-refractivity contribution is 6.02. The molecule has 0 aromatic heterocycles. The van der Waals surface area contributed by atoms with Crippen molar-refractivity contribution in [3.05, 3.63) is 29.8 Å². The van der Waals surface area contributed by atoms with Gasteiger partial charge in [-0.05, 0) is 38.3 Å². The third-order valence-electron chi connectivity index (χ3n) is 6.23. The fraction of sp³-hybridized carbons (Fsp3) is 0.600. The van der Waals surface area contributed by atoms with E-state index in [0.29, 0.717) is 13.1 Å². The highest BCUT2D eigenvalue weighted by Gasteiger charge is 2.60. The van der Waals surface area contributed by atoms with Gasteiger partial charge in [-0.25, -0.2) is 0 Å². The summed E-state index contributed by atoms with van der Waals surface area (Å²) in [5.41, 5.74) is 0.388. The van der Waals surface area contributed by atoms with Crippen molar-refractivity contribution in [2.24, 2.45) is 11.8 Å². The van der Waals surface area contributed by atoms with Crippen molar-refractivity contribution < 1.29 is 14.3 Å². The Kier molecular flexibility index (Phi) is 3.97. The minimum absolute atomic E-state index is 0.0524. The van der Waals surface area contributed by atoms with Crippen molar-refractivity contribution in [1.29, 1.82) is 0 Å². The van der Waals surface area contributed by atoms with Crippen molar-refractivity contribution in [2.75, 3.05) is 13.1 Å². The third-order valence-corrected chi connectivity index (χ3v) is 6.23.